The Balaban J connectivity index is 2.37. The van der Waals surface area contributed by atoms with E-state index in [9.17, 15) is 16.8 Å². The van der Waals surface area contributed by atoms with Crippen molar-refractivity contribution in [3.05, 3.63) is 52.7 Å². The lowest BCUT2D eigenvalue weighted by atomic mass is 10.3. The molecule has 6 nitrogen and oxygen atoms in total. The van der Waals surface area contributed by atoms with Crippen LogP contribution in [0.2, 0.25) is 0 Å². The zero-order valence-corrected chi connectivity index (χ0v) is 15.2. The molecule has 9 heteroatoms. The number of nitrogens with zero attached hydrogens (tertiary/aromatic N) is 1. The van der Waals surface area contributed by atoms with Crippen LogP contribution in [0.3, 0.4) is 0 Å². The van der Waals surface area contributed by atoms with Crippen LogP contribution in [0.15, 0.2) is 52.7 Å². The van der Waals surface area contributed by atoms with Crippen molar-refractivity contribution >= 4 is 31.4 Å². The van der Waals surface area contributed by atoms with E-state index in [0.717, 1.165) is 4.31 Å². The molecule has 126 valence electrons. The number of rotatable bonds is 7. The molecular formula is C14H18N2O4S3. The van der Waals surface area contributed by atoms with Gasteiger partial charge in [-0.2, -0.15) is 12.7 Å². The van der Waals surface area contributed by atoms with Gasteiger partial charge in [0.2, 0.25) is 0 Å². The molecular weight excluding hydrogens is 356 g/mol. The third kappa shape index (κ3) is 4.18. The summed E-state index contributed by atoms with van der Waals surface area (Å²) in [5.41, 5.74) is 0. The molecule has 0 aliphatic carbocycles. The van der Waals surface area contributed by atoms with Gasteiger partial charge in [0.05, 0.1) is 4.90 Å². The highest BCUT2D eigenvalue weighted by Gasteiger charge is 2.31. The average Bonchev–Trinajstić information content (AvgIpc) is 3.02. The monoisotopic (exact) mass is 374 g/mol. The van der Waals surface area contributed by atoms with Gasteiger partial charge in [0, 0.05) is 25.5 Å². The van der Waals surface area contributed by atoms with Crippen molar-refractivity contribution in [3.8, 4) is 0 Å². The number of benzene rings is 1. The first-order chi connectivity index (χ1) is 10.7. The Labute approximate surface area is 140 Å². The first-order valence-corrected chi connectivity index (χ1v) is 10.6. The minimum Gasteiger partial charge on any atom is -0.223 e. The molecule has 0 saturated carbocycles. The standard InChI is InChI=1S/C14H18N2O4S3/c1-16(2)23(19,20)15-11-14(13-9-6-10-21-13)22(17,18)12-7-4-3-5-8-12/h3-10,14-15H,11H2,1-2H3. The summed E-state index contributed by atoms with van der Waals surface area (Å²) >= 11 is 1.28. The quantitative estimate of drug-likeness (QED) is 0.799. The molecule has 1 unspecified atom stereocenters. The van der Waals surface area contributed by atoms with Gasteiger partial charge in [0.25, 0.3) is 10.2 Å². The van der Waals surface area contributed by atoms with Gasteiger partial charge in [-0.3, -0.25) is 0 Å². The molecule has 0 fully saturated rings. The highest BCUT2D eigenvalue weighted by molar-refractivity contribution is 7.92. The second-order valence-electron chi connectivity index (χ2n) is 5.00. The van der Waals surface area contributed by atoms with Crippen molar-refractivity contribution in [2.45, 2.75) is 10.1 Å². The van der Waals surface area contributed by atoms with Crippen molar-refractivity contribution in [3.63, 3.8) is 0 Å². The Hall–Kier alpha value is -1.26. The van der Waals surface area contributed by atoms with Crippen LogP contribution >= 0.6 is 11.3 Å². The number of hydrogen-bond donors (Lipinski definition) is 1. The summed E-state index contributed by atoms with van der Waals surface area (Å²) in [5, 5.41) is 0.795. The molecule has 2 aromatic rings. The van der Waals surface area contributed by atoms with Gasteiger partial charge in [-0.05, 0) is 23.6 Å². The van der Waals surface area contributed by atoms with E-state index in [0.29, 0.717) is 4.88 Å². The van der Waals surface area contributed by atoms with Gasteiger partial charge in [0.1, 0.15) is 5.25 Å². The summed E-state index contributed by atoms with van der Waals surface area (Å²) < 4.78 is 52.9. The lowest BCUT2D eigenvalue weighted by molar-refractivity contribution is 0.504. The van der Waals surface area contributed by atoms with Crippen LogP contribution in [0, 0.1) is 0 Å². The van der Waals surface area contributed by atoms with Crippen LogP contribution in [0.5, 0.6) is 0 Å². The highest BCUT2D eigenvalue weighted by Crippen LogP contribution is 2.31. The van der Waals surface area contributed by atoms with E-state index in [1.165, 1.54) is 37.6 Å². The minimum absolute atomic E-state index is 0.169. The van der Waals surface area contributed by atoms with Crippen molar-refractivity contribution < 1.29 is 16.8 Å². The normalized spacial score (nSPS) is 14.0. The van der Waals surface area contributed by atoms with Gasteiger partial charge in [0.15, 0.2) is 9.84 Å². The Kier molecular flexibility index (Phi) is 5.58. The van der Waals surface area contributed by atoms with Crippen LogP contribution < -0.4 is 4.72 Å². The average molecular weight is 375 g/mol. The molecule has 0 spiro atoms. The molecule has 0 aliphatic heterocycles. The van der Waals surface area contributed by atoms with Crippen LogP contribution in [-0.4, -0.2) is 41.8 Å². The topological polar surface area (TPSA) is 83.6 Å². The number of thiophene rings is 1. The molecule has 0 radical (unpaired) electrons. The maximum atomic E-state index is 12.9. The van der Waals surface area contributed by atoms with Crippen LogP contribution in [0.1, 0.15) is 10.1 Å². The van der Waals surface area contributed by atoms with Crippen molar-refractivity contribution in [1.82, 2.24) is 9.03 Å². The Morgan fingerprint density at radius 1 is 1.04 bits per heavy atom. The molecule has 1 aromatic heterocycles. The van der Waals surface area contributed by atoms with Gasteiger partial charge < -0.3 is 0 Å². The van der Waals surface area contributed by atoms with E-state index >= 15 is 0 Å². The fourth-order valence-corrected chi connectivity index (χ4v) is 5.47. The van der Waals surface area contributed by atoms with Crippen molar-refractivity contribution in [2.75, 3.05) is 20.6 Å². The second-order valence-corrected chi connectivity index (χ2v) is 10.1. The predicted molar refractivity (Wildman–Crippen MR) is 91.3 cm³/mol. The summed E-state index contributed by atoms with van der Waals surface area (Å²) in [7, 11) is -4.64. The van der Waals surface area contributed by atoms with Gasteiger partial charge >= 0.3 is 0 Å². The fourth-order valence-electron chi connectivity index (χ4n) is 1.92. The zero-order valence-electron chi connectivity index (χ0n) is 12.7. The first-order valence-electron chi connectivity index (χ1n) is 6.74. The van der Waals surface area contributed by atoms with E-state index in [-0.39, 0.29) is 11.4 Å². The van der Waals surface area contributed by atoms with E-state index in [2.05, 4.69) is 4.72 Å². The van der Waals surface area contributed by atoms with Gasteiger partial charge in [-0.15, -0.1) is 11.3 Å². The van der Waals surface area contributed by atoms with Crippen molar-refractivity contribution in [2.24, 2.45) is 0 Å². The summed E-state index contributed by atoms with van der Waals surface area (Å²) in [4.78, 5) is 0.762. The van der Waals surface area contributed by atoms with E-state index in [1.807, 2.05) is 0 Å². The molecule has 1 atom stereocenters. The second kappa shape index (κ2) is 7.10. The number of hydrogen-bond acceptors (Lipinski definition) is 5. The lowest BCUT2D eigenvalue weighted by Gasteiger charge is -2.19. The summed E-state index contributed by atoms with van der Waals surface area (Å²) in [6.45, 7) is -0.224. The van der Waals surface area contributed by atoms with E-state index in [4.69, 9.17) is 0 Å². The molecule has 0 aliphatic rings. The Morgan fingerprint density at radius 3 is 2.22 bits per heavy atom. The Bertz CT molecular complexity index is 829. The maximum absolute atomic E-state index is 12.9. The summed E-state index contributed by atoms with van der Waals surface area (Å²) in [5.74, 6) is 0. The fraction of sp³-hybridized carbons (Fsp3) is 0.286. The molecule has 0 bridgehead atoms. The predicted octanol–water partition coefficient (Wildman–Crippen LogP) is 1.66. The van der Waals surface area contributed by atoms with Crippen LogP contribution in [-0.2, 0) is 20.0 Å². The molecule has 2 rings (SSSR count). The third-order valence-electron chi connectivity index (χ3n) is 3.24. The zero-order chi connectivity index (χ0) is 17.1. The molecule has 1 heterocycles. The summed E-state index contributed by atoms with van der Waals surface area (Å²) in [6.07, 6.45) is 0. The first kappa shape index (κ1) is 18.1. The van der Waals surface area contributed by atoms with Gasteiger partial charge in [-0.25, -0.2) is 13.1 Å². The van der Waals surface area contributed by atoms with Crippen LogP contribution in [0.25, 0.3) is 0 Å². The SMILES string of the molecule is CN(C)S(=O)(=O)NCC(c1cccs1)S(=O)(=O)c1ccccc1. The highest BCUT2D eigenvalue weighted by atomic mass is 32.2. The van der Waals surface area contributed by atoms with E-state index in [1.54, 1.807) is 35.7 Å². The summed E-state index contributed by atoms with van der Waals surface area (Å²) in [6, 6.07) is 11.5. The molecule has 1 N–H and O–H groups in total. The van der Waals surface area contributed by atoms with Gasteiger partial charge in [-0.1, -0.05) is 24.3 Å². The lowest BCUT2D eigenvalue weighted by Crippen LogP contribution is -2.39. The molecule has 1 aromatic carbocycles. The number of sulfone groups is 1. The molecule has 23 heavy (non-hydrogen) atoms. The smallest absolute Gasteiger partial charge is 0.223 e. The van der Waals surface area contributed by atoms with Crippen molar-refractivity contribution in [1.29, 1.82) is 0 Å². The largest absolute Gasteiger partial charge is 0.278 e. The van der Waals surface area contributed by atoms with Crippen LogP contribution in [0.4, 0.5) is 0 Å². The maximum Gasteiger partial charge on any atom is 0.278 e. The minimum atomic E-state index is -3.71. The Morgan fingerprint density at radius 2 is 1.70 bits per heavy atom. The molecule has 0 amide bonds. The molecule has 0 saturated heterocycles. The third-order valence-corrected chi connectivity index (χ3v) is 7.97. The number of nitrogens with one attached hydrogen (secondary N) is 1. The van der Waals surface area contributed by atoms with E-state index < -0.39 is 25.3 Å².